The zero-order chi connectivity index (χ0) is 22.2. The molecule has 1 saturated heterocycles. The van der Waals surface area contributed by atoms with Crippen molar-refractivity contribution in [3.05, 3.63) is 53.4 Å². The summed E-state index contributed by atoms with van der Waals surface area (Å²) in [5.74, 6) is -1.10. The molecule has 164 valence electrons. The first kappa shape index (κ1) is 21.6. The fourth-order valence-electron chi connectivity index (χ4n) is 3.94. The summed E-state index contributed by atoms with van der Waals surface area (Å²) >= 11 is 1.11. The van der Waals surface area contributed by atoms with Gasteiger partial charge >= 0.3 is 0 Å². The lowest BCUT2D eigenvalue weighted by Gasteiger charge is -2.49. The number of thioether (sulfide) groups is 1. The van der Waals surface area contributed by atoms with Crippen LogP contribution in [0.25, 0.3) is 0 Å². The van der Waals surface area contributed by atoms with Crippen LogP contribution in [0.4, 0.5) is 14.5 Å². The molecule has 10 heteroatoms. The highest BCUT2D eigenvalue weighted by Crippen LogP contribution is 2.51. The monoisotopic (exact) mass is 447 g/mol. The minimum atomic E-state index is -1.84. The van der Waals surface area contributed by atoms with E-state index in [1.54, 1.807) is 6.92 Å². The van der Waals surface area contributed by atoms with Gasteiger partial charge in [0.15, 0.2) is 10.8 Å². The Kier molecular flexibility index (Phi) is 5.69. The number of carbonyl (C=O) groups is 1. The molecule has 3 heterocycles. The number of halogens is 2. The molecule has 3 N–H and O–H groups in total. The lowest BCUT2D eigenvalue weighted by molar-refractivity contribution is -0.107. The van der Waals surface area contributed by atoms with Crippen molar-refractivity contribution in [2.24, 2.45) is 10.7 Å². The zero-order valence-corrected chi connectivity index (χ0v) is 18.0. The summed E-state index contributed by atoms with van der Waals surface area (Å²) in [6, 6.07) is 3.97. The van der Waals surface area contributed by atoms with E-state index in [0.717, 1.165) is 17.5 Å². The number of anilines is 1. The molecular formula is C21H23F2N5O2S. The van der Waals surface area contributed by atoms with E-state index in [9.17, 15) is 9.18 Å². The maximum absolute atomic E-state index is 16.2. The third-order valence-corrected chi connectivity index (χ3v) is 6.64. The number of nitrogens with one attached hydrogen (secondary N) is 1. The second kappa shape index (κ2) is 8.16. The normalized spacial score (nSPS) is 27.9. The number of amidine groups is 1. The highest BCUT2D eigenvalue weighted by Gasteiger charge is 2.60. The molecule has 3 atom stereocenters. The van der Waals surface area contributed by atoms with Gasteiger partial charge in [-0.25, -0.2) is 18.8 Å². The van der Waals surface area contributed by atoms with Crippen LogP contribution < -0.4 is 11.1 Å². The predicted molar refractivity (Wildman–Crippen MR) is 115 cm³/mol. The smallest absolute Gasteiger partial charge is 0.275 e. The number of amides is 1. The molecule has 2 aliphatic heterocycles. The average molecular weight is 448 g/mol. The van der Waals surface area contributed by atoms with Gasteiger partial charge in [-0.15, -0.1) is 0 Å². The number of fused-ring (bicyclic) bond motifs is 1. The number of benzene rings is 1. The first-order valence-corrected chi connectivity index (χ1v) is 11.0. The van der Waals surface area contributed by atoms with Crippen LogP contribution in [0.2, 0.25) is 0 Å². The summed E-state index contributed by atoms with van der Waals surface area (Å²) in [5, 5.41) is 2.84. The summed E-state index contributed by atoms with van der Waals surface area (Å²) < 4.78 is 36.8. The Morgan fingerprint density at radius 2 is 2.19 bits per heavy atom. The highest BCUT2D eigenvalue weighted by molar-refractivity contribution is 8.13. The molecule has 1 fully saturated rings. The van der Waals surface area contributed by atoms with Crippen LogP contribution in [-0.4, -0.2) is 45.2 Å². The van der Waals surface area contributed by atoms with Crippen LogP contribution in [0.1, 0.15) is 42.0 Å². The van der Waals surface area contributed by atoms with Crippen LogP contribution >= 0.6 is 11.8 Å². The molecule has 0 bridgehead atoms. The van der Waals surface area contributed by atoms with Crippen molar-refractivity contribution < 1.29 is 18.3 Å². The highest BCUT2D eigenvalue weighted by atomic mass is 32.2. The van der Waals surface area contributed by atoms with Crippen molar-refractivity contribution >= 4 is 28.5 Å². The average Bonchev–Trinajstić information content (AvgIpc) is 2.75. The number of aliphatic imine (C=N–C) groups is 1. The lowest BCUT2D eigenvalue weighted by Crippen LogP contribution is -2.60. The number of ether oxygens (including phenoxy) is 1. The van der Waals surface area contributed by atoms with Crippen LogP contribution in [0, 0.1) is 5.82 Å². The van der Waals surface area contributed by atoms with Crippen molar-refractivity contribution in [1.29, 1.82) is 0 Å². The van der Waals surface area contributed by atoms with E-state index in [-0.39, 0.29) is 47.0 Å². The fourth-order valence-corrected chi connectivity index (χ4v) is 4.90. The number of rotatable bonds is 4. The van der Waals surface area contributed by atoms with Crippen molar-refractivity contribution in [1.82, 2.24) is 9.97 Å². The number of aryl methyl sites for hydroxylation is 1. The van der Waals surface area contributed by atoms with Gasteiger partial charge in [-0.3, -0.25) is 9.78 Å². The summed E-state index contributed by atoms with van der Waals surface area (Å²) in [6.45, 7) is 3.56. The summed E-state index contributed by atoms with van der Waals surface area (Å²) in [6.07, 6.45) is 3.34. The Balaban J connectivity index is 1.70. The van der Waals surface area contributed by atoms with Gasteiger partial charge in [0.1, 0.15) is 17.1 Å². The first-order valence-electron chi connectivity index (χ1n) is 9.97. The van der Waals surface area contributed by atoms with Gasteiger partial charge in [0, 0.05) is 29.6 Å². The van der Waals surface area contributed by atoms with Gasteiger partial charge < -0.3 is 15.8 Å². The van der Waals surface area contributed by atoms with Gasteiger partial charge in [0.25, 0.3) is 5.91 Å². The minimum Gasteiger partial charge on any atom is -0.379 e. The maximum Gasteiger partial charge on any atom is 0.275 e. The Bertz CT molecular complexity index is 1030. The molecule has 1 amide bonds. The standard InChI is InChI=1S/C21H23F2N5O2S/c1-3-13-8-26-17(9-25-13)18(29)27-14-4-5-16(22)15(6-14)21-10-30-12(2)7-20(21,23)11-31-19(24)28-21/h4-6,8-9,12H,3,7,10-11H2,1-2H3,(H2,24,28)(H,27,29)/t12-,20+,21+/m0/s1. The Morgan fingerprint density at radius 1 is 1.39 bits per heavy atom. The molecule has 31 heavy (non-hydrogen) atoms. The topological polar surface area (TPSA) is 102 Å². The first-order chi connectivity index (χ1) is 14.8. The van der Waals surface area contributed by atoms with Crippen LogP contribution in [0.15, 0.2) is 35.6 Å². The molecule has 0 spiro atoms. The lowest BCUT2D eigenvalue weighted by atomic mass is 9.72. The van der Waals surface area contributed by atoms with E-state index in [0.29, 0.717) is 6.42 Å². The predicted octanol–water partition coefficient (Wildman–Crippen LogP) is 3.20. The molecule has 0 radical (unpaired) electrons. The maximum atomic E-state index is 16.2. The zero-order valence-electron chi connectivity index (χ0n) is 17.2. The van der Waals surface area contributed by atoms with Gasteiger partial charge in [-0.1, -0.05) is 18.7 Å². The second-order valence-electron chi connectivity index (χ2n) is 7.79. The SMILES string of the molecule is CCc1cnc(C(=O)Nc2ccc(F)c([C@]34CO[C@@H](C)C[C@@]3(F)CSC(N)=N4)c2)cn1. The van der Waals surface area contributed by atoms with Crippen molar-refractivity contribution in [2.75, 3.05) is 17.7 Å². The molecule has 1 aromatic heterocycles. The van der Waals surface area contributed by atoms with E-state index >= 15 is 4.39 Å². The van der Waals surface area contributed by atoms with Crippen LogP contribution in [0.3, 0.4) is 0 Å². The number of alkyl halides is 1. The molecule has 4 rings (SSSR count). The van der Waals surface area contributed by atoms with Gasteiger partial charge in [-0.2, -0.15) is 0 Å². The molecular weight excluding hydrogens is 424 g/mol. The molecule has 0 aliphatic carbocycles. The molecule has 0 unspecified atom stereocenters. The third kappa shape index (κ3) is 3.89. The minimum absolute atomic E-state index is 0.00429. The number of nitrogens with two attached hydrogens (primary N) is 1. The molecule has 1 aromatic carbocycles. The van der Waals surface area contributed by atoms with Crippen molar-refractivity contribution in [3.63, 3.8) is 0 Å². The van der Waals surface area contributed by atoms with E-state index < -0.39 is 22.9 Å². The van der Waals surface area contributed by atoms with Gasteiger partial charge in [0.05, 0.1) is 24.6 Å². The van der Waals surface area contributed by atoms with Gasteiger partial charge in [-0.05, 0) is 31.5 Å². The second-order valence-corrected chi connectivity index (χ2v) is 8.78. The Hall–Kier alpha value is -2.59. The van der Waals surface area contributed by atoms with E-state index in [2.05, 4.69) is 20.3 Å². The third-order valence-electron chi connectivity index (χ3n) is 5.65. The van der Waals surface area contributed by atoms with E-state index in [1.165, 1.54) is 30.6 Å². The van der Waals surface area contributed by atoms with Crippen molar-refractivity contribution in [2.45, 2.75) is 44.0 Å². The molecule has 2 aliphatic rings. The number of hydrogen-bond donors (Lipinski definition) is 2. The number of nitrogens with zero attached hydrogens (tertiary/aromatic N) is 3. The van der Waals surface area contributed by atoms with E-state index in [4.69, 9.17) is 10.5 Å². The number of hydrogen-bond acceptors (Lipinski definition) is 7. The molecule has 7 nitrogen and oxygen atoms in total. The number of carbonyl (C=O) groups excluding carboxylic acids is 1. The van der Waals surface area contributed by atoms with Crippen LogP contribution in [-0.2, 0) is 16.7 Å². The number of aromatic nitrogens is 2. The largest absolute Gasteiger partial charge is 0.379 e. The van der Waals surface area contributed by atoms with Gasteiger partial charge in [0.2, 0.25) is 0 Å². The molecule has 2 aromatic rings. The van der Waals surface area contributed by atoms with Crippen LogP contribution in [0.5, 0.6) is 0 Å². The summed E-state index contributed by atoms with van der Waals surface area (Å²) in [5.41, 5.74) is 3.60. The summed E-state index contributed by atoms with van der Waals surface area (Å²) in [4.78, 5) is 25.2. The quantitative estimate of drug-likeness (QED) is 0.746. The molecule has 0 saturated carbocycles. The Morgan fingerprint density at radius 3 is 2.90 bits per heavy atom. The van der Waals surface area contributed by atoms with E-state index in [1.807, 2.05) is 6.92 Å². The fraction of sp³-hybridized carbons (Fsp3) is 0.429. The summed E-state index contributed by atoms with van der Waals surface area (Å²) in [7, 11) is 0. The van der Waals surface area contributed by atoms with Crippen molar-refractivity contribution in [3.8, 4) is 0 Å². The Labute approximate surface area is 182 Å².